The van der Waals surface area contributed by atoms with Gasteiger partial charge >= 0.3 is 0 Å². The molecular formula is C21H17BrN4S. The molecule has 0 atom stereocenters. The summed E-state index contributed by atoms with van der Waals surface area (Å²) in [7, 11) is 0. The van der Waals surface area contributed by atoms with Gasteiger partial charge in [0, 0.05) is 75.2 Å². The number of aromatic nitrogens is 3. The summed E-state index contributed by atoms with van der Waals surface area (Å²) >= 11 is 5.67. The van der Waals surface area contributed by atoms with Crippen LogP contribution in [0, 0.1) is 0 Å². The number of benzene rings is 1. The van der Waals surface area contributed by atoms with E-state index in [-0.39, 0.29) is 0 Å². The lowest BCUT2D eigenvalue weighted by Gasteiger charge is -2.27. The van der Waals surface area contributed by atoms with Crippen molar-refractivity contribution in [2.45, 2.75) is 19.5 Å². The third-order valence-corrected chi connectivity index (χ3v) is 7.23. The second-order valence-electron chi connectivity index (χ2n) is 6.70. The molecule has 0 spiro atoms. The van der Waals surface area contributed by atoms with Crippen molar-refractivity contribution < 1.29 is 0 Å². The minimum Gasteiger partial charge on any atom is -0.293 e. The quantitative estimate of drug-likeness (QED) is 0.449. The summed E-state index contributed by atoms with van der Waals surface area (Å²) in [4.78, 5) is 17.4. The maximum Gasteiger partial charge on any atom is 0.160 e. The Kier molecular flexibility index (Phi) is 4.47. The van der Waals surface area contributed by atoms with Crippen LogP contribution in [0.15, 0.2) is 59.5 Å². The predicted molar refractivity (Wildman–Crippen MR) is 113 cm³/mol. The van der Waals surface area contributed by atoms with Crippen molar-refractivity contribution in [3.05, 3.63) is 75.6 Å². The summed E-state index contributed by atoms with van der Waals surface area (Å²) < 4.78 is 2.57. The lowest BCUT2D eigenvalue weighted by Crippen LogP contribution is -2.30. The molecule has 5 rings (SSSR count). The average molecular weight is 437 g/mol. The Hall–Kier alpha value is -2.15. The second kappa shape index (κ2) is 7.11. The molecule has 0 unspecified atom stereocenters. The van der Waals surface area contributed by atoms with Crippen molar-refractivity contribution in [3.63, 3.8) is 0 Å². The summed E-state index contributed by atoms with van der Waals surface area (Å²) in [6, 6.07) is 12.5. The SMILES string of the molecule is Brc1c(CN2CCc3nc(-c4cccnc4)ncc3C2)sc2ccccc12. The summed E-state index contributed by atoms with van der Waals surface area (Å²) in [6.45, 7) is 2.85. The Bertz CT molecular complexity index is 1110. The molecule has 1 aliphatic heterocycles. The van der Waals surface area contributed by atoms with Gasteiger partial charge in [0.15, 0.2) is 5.82 Å². The van der Waals surface area contributed by atoms with E-state index in [2.05, 4.69) is 55.1 Å². The van der Waals surface area contributed by atoms with Gasteiger partial charge in [0.1, 0.15) is 0 Å². The Morgan fingerprint density at radius 3 is 2.89 bits per heavy atom. The number of rotatable bonds is 3. The van der Waals surface area contributed by atoms with Gasteiger partial charge in [0.05, 0.1) is 5.69 Å². The molecule has 0 radical (unpaired) electrons. The van der Waals surface area contributed by atoms with Gasteiger partial charge in [-0.15, -0.1) is 11.3 Å². The summed E-state index contributed by atoms with van der Waals surface area (Å²) in [5.41, 5.74) is 3.36. The van der Waals surface area contributed by atoms with E-state index >= 15 is 0 Å². The Morgan fingerprint density at radius 1 is 1.11 bits per heavy atom. The number of hydrogen-bond donors (Lipinski definition) is 0. The molecule has 1 aromatic carbocycles. The molecule has 27 heavy (non-hydrogen) atoms. The van der Waals surface area contributed by atoms with Crippen LogP contribution in [0.2, 0.25) is 0 Å². The molecule has 0 aliphatic carbocycles. The van der Waals surface area contributed by atoms with Crippen LogP contribution < -0.4 is 0 Å². The van der Waals surface area contributed by atoms with Crippen molar-refractivity contribution in [2.24, 2.45) is 0 Å². The summed E-state index contributed by atoms with van der Waals surface area (Å²) in [5.74, 6) is 0.766. The molecule has 6 heteroatoms. The third kappa shape index (κ3) is 3.29. The first-order valence-electron chi connectivity index (χ1n) is 8.91. The zero-order valence-electron chi connectivity index (χ0n) is 14.6. The average Bonchev–Trinajstić information content (AvgIpc) is 3.04. The number of fused-ring (bicyclic) bond motifs is 2. The van der Waals surface area contributed by atoms with Crippen molar-refractivity contribution in [3.8, 4) is 11.4 Å². The van der Waals surface area contributed by atoms with Crippen molar-refractivity contribution in [2.75, 3.05) is 6.54 Å². The fraction of sp³-hybridized carbons (Fsp3) is 0.190. The van der Waals surface area contributed by atoms with Crippen LogP contribution in [0.1, 0.15) is 16.1 Å². The molecule has 134 valence electrons. The van der Waals surface area contributed by atoms with Crippen molar-refractivity contribution in [1.82, 2.24) is 19.9 Å². The highest BCUT2D eigenvalue weighted by atomic mass is 79.9. The summed E-state index contributed by atoms with van der Waals surface area (Å²) in [5, 5.41) is 1.30. The highest BCUT2D eigenvalue weighted by molar-refractivity contribution is 9.10. The van der Waals surface area contributed by atoms with Crippen LogP contribution >= 0.6 is 27.3 Å². The van der Waals surface area contributed by atoms with Crippen LogP contribution in [0.3, 0.4) is 0 Å². The molecular weight excluding hydrogens is 420 g/mol. The lowest BCUT2D eigenvalue weighted by molar-refractivity contribution is 0.245. The van der Waals surface area contributed by atoms with Gasteiger partial charge in [0.2, 0.25) is 0 Å². The first-order chi connectivity index (χ1) is 13.3. The minimum absolute atomic E-state index is 0.766. The first-order valence-corrected chi connectivity index (χ1v) is 10.5. The zero-order chi connectivity index (χ0) is 18.2. The van der Waals surface area contributed by atoms with Crippen LogP contribution in [-0.2, 0) is 19.5 Å². The van der Waals surface area contributed by atoms with E-state index in [1.54, 1.807) is 6.20 Å². The minimum atomic E-state index is 0.766. The zero-order valence-corrected chi connectivity index (χ0v) is 17.0. The van der Waals surface area contributed by atoms with E-state index < -0.39 is 0 Å². The van der Waals surface area contributed by atoms with Gasteiger partial charge in [0.25, 0.3) is 0 Å². The number of pyridine rings is 1. The van der Waals surface area contributed by atoms with E-state index in [1.165, 1.54) is 25.0 Å². The van der Waals surface area contributed by atoms with Crippen LogP contribution in [0.25, 0.3) is 21.5 Å². The highest BCUT2D eigenvalue weighted by Crippen LogP contribution is 2.36. The van der Waals surface area contributed by atoms with E-state index in [1.807, 2.05) is 35.9 Å². The van der Waals surface area contributed by atoms with E-state index in [4.69, 9.17) is 4.98 Å². The van der Waals surface area contributed by atoms with Gasteiger partial charge in [-0.25, -0.2) is 9.97 Å². The van der Waals surface area contributed by atoms with Crippen LogP contribution in [-0.4, -0.2) is 26.4 Å². The first kappa shape index (κ1) is 17.0. The molecule has 4 heterocycles. The van der Waals surface area contributed by atoms with Crippen LogP contribution in [0.5, 0.6) is 0 Å². The van der Waals surface area contributed by atoms with Crippen molar-refractivity contribution in [1.29, 1.82) is 0 Å². The summed E-state index contributed by atoms with van der Waals surface area (Å²) in [6.07, 6.45) is 6.52. The Labute approximate surface area is 170 Å². The Morgan fingerprint density at radius 2 is 2.04 bits per heavy atom. The smallest absolute Gasteiger partial charge is 0.160 e. The molecule has 4 nitrogen and oxygen atoms in total. The standard InChI is InChI=1S/C21H17BrN4S/c22-20-16-5-1-2-6-18(16)27-19(20)13-26-9-7-17-15(12-26)11-24-21(25-17)14-4-3-8-23-10-14/h1-6,8,10-11H,7,9,12-13H2. The molecule has 3 aromatic heterocycles. The number of nitrogens with zero attached hydrogens (tertiary/aromatic N) is 4. The Balaban J connectivity index is 1.37. The van der Waals surface area contributed by atoms with Crippen molar-refractivity contribution >= 4 is 37.4 Å². The number of halogens is 1. The maximum atomic E-state index is 4.79. The number of hydrogen-bond acceptors (Lipinski definition) is 5. The maximum absolute atomic E-state index is 4.79. The normalized spacial score (nSPS) is 14.4. The van der Waals surface area contributed by atoms with Gasteiger partial charge in [-0.05, 0) is 34.1 Å². The molecule has 1 aliphatic rings. The monoisotopic (exact) mass is 436 g/mol. The van der Waals surface area contributed by atoms with Gasteiger partial charge in [-0.2, -0.15) is 0 Å². The van der Waals surface area contributed by atoms with E-state index in [9.17, 15) is 0 Å². The largest absolute Gasteiger partial charge is 0.293 e. The third-order valence-electron chi connectivity index (χ3n) is 4.90. The number of thiophene rings is 1. The lowest BCUT2D eigenvalue weighted by atomic mass is 10.1. The molecule has 0 saturated heterocycles. The highest BCUT2D eigenvalue weighted by Gasteiger charge is 2.21. The van der Waals surface area contributed by atoms with E-state index in [0.717, 1.165) is 43.1 Å². The fourth-order valence-corrected chi connectivity index (χ4v) is 5.50. The molecule has 0 N–H and O–H groups in total. The molecule has 0 bridgehead atoms. The molecule has 0 amide bonds. The fourth-order valence-electron chi connectivity index (χ4n) is 3.51. The van der Waals surface area contributed by atoms with Gasteiger partial charge < -0.3 is 0 Å². The van der Waals surface area contributed by atoms with Crippen LogP contribution in [0.4, 0.5) is 0 Å². The van der Waals surface area contributed by atoms with Gasteiger partial charge in [-0.1, -0.05) is 18.2 Å². The molecule has 0 fully saturated rings. The predicted octanol–water partition coefficient (Wildman–Crippen LogP) is 5.07. The van der Waals surface area contributed by atoms with E-state index in [0.29, 0.717) is 0 Å². The van der Waals surface area contributed by atoms with Gasteiger partial charge in [-0.3, -0.25) is 9.88 Å². The second-order valence-corrected chi connectivity index (χ2v) is 8.63. The molecule has 4 aromatic rings. The molecule has 0 saturated carbocycles. The topological polar surface area (TPSA) is 41.9 Å².